The summed E-state index contributed by atoms with van der Waals surface area (Å²) in [4.78, 5) is 4.39. The maximum absolute atomic E-state index is 4.39. The smallest absolute Gasteiger partial charge is 0.0395 e. The minimum atomic E-state index is 0.770. The van der Waals surface area contributed by atoms with E-state index in [9.17, 15) is 0 Å². The van der Waals surface area contributed by atoms with Crippen molar-refractivity contribution in [1.29, 1.82) is 0 Å². The second-order valence-corrected chi connectivity index (χ2v) is 4.15. The van der Waals surface area contributed by atoms with Gasteiger partial charge in [0.2, 0.25) is 0 Å². The lowest BCUT2D eigenvalue weighted by molar-refractivity contribution is 0.401. The molecule has 0 aromatic carbocycles. The van der Waals surface area contributed by atoms with Crippen LogP contribution in [0.15, 0.2) is 28.9 Å². The molecule has 0 spiro atoms. The third kappa shape index (κ3) is 2.55. The molecule has 0 aromatic heterocycles. The van der Waals surface area contributed by atoms with Gasteiger partial charge in [-0.25, -0.2) is 0 Å². The van der Waals surface area contributed by atoms with Gasteiger partial charge >= 0.3 is 0 Å². The van der Waals surface area contributed by atoms with Gasteiger partial charge < -0.3 is 0 Å². The Labute approximate surface area is 81.3 Å². The summed E-state index contributed by atoms with van der Waals surface area (Å²) in [6.45, 7) is 10.4. The Morgan fingerprint density at radius 3 is 2.62 bits per heavy atom. The van der Waals surface area contributed by atoms with Crippen LogP contribution in [0, 0.1) is 11.8 Å². The van der Waals surface area contributed by atoms with Gasteiger partial charge in [0, 0.05) is 11.9 Å². The molecule has 1 unspecified atom stereocenters. The summed E-state index contributed by atoms with van der Waals surface area (Å²) < 4.78 is 0. The van der Waals surface area contributed by atoms with Crippen molar-refractivity contribution in [3.05, 3.63) is 23.9 Å². The maximum atomic E-state index is 4.39. The van der Waals surface area contributed by atoms with Crippen LogP contribution in [0.4, 0.5) is 0 Å². The van der Waals surface area contributed by atoms with Crippen molar-refractivity contribution in [3.8, 4) is 0 Å². The van der Waals surface area contributed by atoms with E-state index < -0.39 is 0 Å². The van der Waals surface area contributed by atoms with Crippen molar-refractivity contribution in [3.63, 3.8) is 0 Å². The van der Waals surface area contributed by atoms with E-state index in [-0.39, 0.29) is 0 Å². The number of hydrogen-bond acceptors (Lipinski definition) is 1. The largest absolute Gasteiger partial charge is 0.261 e. The molecule has 1 aliphatic carbocycles. The zero-order valence-corrected chi connectivity index (χ0v) is 8.88. The van der Waals surface area contributed by atoms with Crippen LogP contribution in [-0.2, 0) is 0 Å². The molecule has 0 saturated carbocycles. The first kappa shape index (κ1) is 10.2. The zero-order valence-electron chi connectivity index (χ0n) is 8.88. The predicted octanol–water partition coefficient (Wildman–Crippen LogP) is 3.58. The van der Waals surface area contributed by atoms with Crippen molar-refractivity contribution < 1.29 is 0 Å². The molecule has 0 aromatic rings. The lowest BCUT2D eigenvalue weighted by Gasteiger charge is -2.13. The van der Waals surface area contributed by atoms with Gasteiger partial charge in [0.05, 0.1) is 0 Å². The first-order chi connectivity index (χ1) is 6.15. The molecule has 0 N–H and O–H groups in total. The van der Waals surface area contributed by atoms with E-state index in [2.05, 4.69) is 32.3 Å². The van der Waals surface area contributed by atoms with Crippen molar-refractivity contribution in [2.45, 2.75) is 33.6 Å². The highest BCUT2D eigenvalue weighted by atomic mass is 14.7. The van der Waals surface area contributed by atoms with Crippen LogP contribution in [0.25, 0.3) is 0 Å². The van der Waals surface area contributed by atoms with Gasteiger partial charge in [0.1, 0.15) is 0 Å². The second-order valence-electron chi connectivity index (χ2n) is 4.15. The lowest BCUT2D eigenvalue weighted by atomic mass is 9.93. The van der Waals surface area contributed by atoms with E-state index >= 15 is 0 Å². The molecule has 0 radical (unpaired) electrons. The third-order valence-corrected chi connectivity index (χ3v) is 2.80. The highest BCUT2D eigenvalue weighted by Crippen LogP contribution is 2.36. The van der Waals surface area contributed by atoms with Gasteiger partial charge in [-0.15, -0.1) is 0 Å². The van der Waals surface area contributed by atoms with Gasteiger partial charge in [0.15, 0.2) is 0 Å². The van der Waals surface area contributed by atoms with E-state index in [0.29, 0.717) is 0 Å². The molecule has 1 nitrogen and oxygen atoms in total. The third-order valence-electron chi connectivity index (χ3n) is 2.80. The number of aliphatic imine (C=N–C) groups is 1. The highest BCUT2D eigenvalue weighted by molar-refractivity contribution is 5.71. The predicted molar refractivity (Wildman–Crippen MR) is 59.0 cm³/mol. The quantitative estimate of drug-likeness (QED) is 0.584. The molecule has 1 heteroatoms. The number of nitrogens with zero attached hydrogens (tertiary/aromatic N) is 1. The van der Waals surface area contributed by atoms with Gasteiger partial charge in [-0.3, -0.25) is 4.99 Å². The fourth-order valence-corrected chi connectivity index (χ4v) is 1.78. The molecule has 0 amide bonds. The normalized spacial score (nSPS) is 23.5. The fourth-order valence-electron chi connectivity index (χ4n) is 1.78. The van der Waals surface area contributed by atoms with Crippen LogP contribution < -0.4 is 0 Å². The summed E-state index contributed by atoms with van der Waals surface area (Å²) in [7, 11) is 0. The molecule has 13 heavy (non-hydrogen) atoms. The Morgan fingerprint density at radius 2 is 2.15 bits per heavy atom. The number of allylic oxidation sites excluding steroid dienone is 3. The zero-order chi connectivity index (χ0) is 9.84. The molecule has 1 rings (SSSR count). The van der Waals surface area contributed by atoms with E-state index in [4.69, 9.17) is 0 Å². The summed E-state index contributed by atoms with van der Waals surface area (Å²) in [6, 6.07) is 0. The van der Waals surface area contributed by atoms with Gasteiger partial charge in [0.25, 0.3) is 0 Å². The molecule has 0 saturated heterocycles. The topological polar surface area (TPSA) is 12.4 Å². The Balaban J connectivity index is 2.62. The number of hydrogen-bond donors (Lipinski definition) is 0. The molecule has 0 heterocycles. The second kappa shape index (κ2) is 4.40. The molecule has 72 valence electrons. The van der Waals surface area contributed by atoms with Crippen LogP contribution in [0.5, 0.6) is 0 Å². The molecular formula is C12H19N. The molecule has 0 fully saturated rings. The summed E-state index contributed by atoms with van der Waals surface area (Å²) in [6.07, 6.45) is 5.90. The minimum absolute atomic E-state index is 0.770. The Kier molecular flexibility index (Phi) is 3.47. The van der Waals surface area contributed by atoms with Crippen molar-refractivity contribution >= 4 is 6.21 Å². The minimum Gasteiger partial charge on any atom is -0.261 e. The average molecular weight is 177 g/mol. The standard InChI is InChI=1S/C12H19N/c1-5-6-13-12-8-11(9(2)3)7-10(12)4/h5-6,9,11H,1,7-8H2,2-4H3. The van der Waals surface area contributed by atoms with Crippen LogP contribution in [0.3, 0.4) is 0 Å². The van der Waals surface area contributed by atoms with E-state index in [0.717, 1.165) is 18.3 Å². The molecule has 1 atom stereocenters. The van der Waals surface area contributed by atoms with Crippen molar-refractivity contribution in [2.75, 3.05) is 0 Å². The Bertz CT molecular complexity index is 246. The summed E-state index contributed by atoms with van der Waals surface area (Å²) in [5, 5.41) is 0. The van der Waals surface area contributed by atoms with Crippen molar-refractivity contribution in [2.24, 2.45) is 16.8 Å². The fraction of sp³-hybridized carbons (Fsp3) is 0.583. The van der Waals surface area contributed by atoms with E-state index in [1.807, 2.05) is 0 Å². The highest BCUT2D eigenvalue weighted by Gasteiger charge is 2.23. The summed E-state index contributed by atoms with van der Waals surface area (Å²) in [5.74, 6) is 1.57. The summed E-state index contributed by atoms with van der Waals surface area (Å²) >= 11 is 0. The molecule has 1 aliphatic rings. The van der Waals surface area contributed by atoms with Gasteiger partial charge in [-0.1, -0.05) is 32.1 Å². The first-order valence-corrected chi connectivity index (χ1v) is 4.99. The summed E-state index contributed by atoms with van der Waals surface area (Å²) in [5.41, 5.74) is 2.73. The SMILES string of the molecule is C=CC=NC1=C(C)CC(C(C)C)C1. The van der Waals surface area contributed by atoms with Gasteiger partial charge in [-0.05, 0) is 31.6 Å². The Hall–Kier alpha value is -0.850. The van der Waals surface area contributed by atoms with E-state index in [1.54, 1.807) is 12.3 Å². The van der Waals surface area contributed by atoms with Crippen LogP contribution in [0.1, 0.15) is 33.6 Å². The first-order valence-electron chi connectivity index (χ1n) is 4.99. The van der Waals surface area contributed by atoms with Crippen LogP contribution in [0.2, 0.25) is 0 Å². The maximum Gasteiger partial charge on any atom is 0.0395 e. The number of rotatable bonds is 3. The molecule has 0 bridgehead atoms. The molecule has 0 aliphatic heterocycles. The molecular weight excluding hydrogens is 158 g/mol. The van der Waals surface area contributed by atoms with Gasteiger partial charge in [-0.2, -0.15) is 0 Å². The van der Waals surface area contributed by atoms with Crippen LogP contribution >= 0.6 is 0 Å². The average Bonchev–Trinajstić information content (AvgIpc) is 2.44. The van der Waals surface area contributed by atoms with Crippen molar-refractivity contribution in [1.82, 2.24) is 0 Å². The van der Waals surface area contributed by atoms with Crippen LogP contribution in [-0.4, -0.2) is 6.21 Å². The lowest BCUT2D eigenvalue weighted by Crippen LogP contribution is -2.03. The monoisotopic (exact) mass is 177 g/mol. The van der Waals surface area contributed by atoms with E-state index in [1.165, 1.54) is 17.7 Å². The Morgan fingerprint density at radius 1 is 1.46 bits per heavy atom.